The summed E-state index contributed by atoms with van der Waals surface area (Å²) in [6.45, 7) is 4.10. The normalized spacial score (nSPS) is 14.9. The molecule has 1 saturated heterocycles. The average molecular weight is 340 g/mol. The van der Waals surface area contributed by atoms with Crippen molar-refractivity contribution in [2.24, 2.45) is 5.92 Å². The molecule has 0 spiro atoms. The molecule has 0 bridgehead atoms. The number of halogens is 1. The number of hydrogen-bond acceptors (Lipinski definition) is 3. The zero-order chi connectivity index (χ0) is 15.9. The second kappa shape index (κ2) is 9.40. The summed E-state index contributed by atoms with van der Waals surface area (Å²) in [6.07, 6.45) is 3.55. The van der Waals surface area contributed by atoms with Crippen LogP contribution in [0.2, 0.25) is 0 Å². The number of rotatable bonds is 5. The molecule has 0 unspecified atom stereocenters. The van der Waals surface area contributed by atoms with E-state index in [1.807, 2.05) is 4.90 Å². The van der Waals surface area contributed by atoms with Crippen molar-refractivity contribution in [3.63, 3.8) is 0 Å². The van der Waals surface area contributed by atoms with E-state index in [1.165, 1.54) is 0 Å². The highest BCUT2D eigenvalue weighted by atomic mass is 35.5. The first-order valence-electron chi connectivity index (χ1n) is 8.04. The van der Waals surface area contributed by atoms with Crippen LogP contribution in [0.1, 0.15) is 43.0 Å². The molecule has 2 rings (SSSR count). The molecule has 0 aromatic heterocycles. The van der Waals surface area contributed by atoms with Gasteiger partial charge in [-0.2, -0.15) is 0 Å². The van der Waals surface area contributed by atoms with E-state index in [0.29, 0.717) is 24.3 Å². The monoisotopic (exact) mass is 339 g/mol. The smallest absolute Gasteiger partial charge is 0.253 e. The van der Waals surface area contributed by atoms with Crippen LogP contribution in [0.5, 0.6) is 0 Å². The highest BCUT2D eigenvalue weighted by Gasteiger charge is 2.27. The Morgan fingerprint density at radius 3 is 2.61 bits per heavy atom. The highest BCUT2D eigenvalue weighted by molar-refractivity contribution is 5.95. The minimum atomic E-state index is -0.00265. The lowest BCUT2D eigenvalue weighted by Gasteiger charge is -2.31. The van der Waals surface area contributed by atoms with Crippen LogP contribution in [0.25, 0.3) is 0 Å². The fraction of sp³-hybridized carbons (Fsp3) is 0.529. The van der Waals surface area contributed by atoms with E-state index in [-0.39, 0.29) is 30.1 Å². The number of unbranched alkanes of at least 4 members (excludes halogenated alkanes) is 1. The molecule has 1 heterocycles. The number of anilines is 1. The van der Waals surface area contributed by atoms with Crippen LogP contribution in [-0.2, 0) is 4.79 Å². The van der Waals surface area contributed by atoms with Crippen molar-refractivity contribution in [1.29, 1.82) is 0 Å². The molecule has 23 heavy (non-hydrogen) atoms. The Kier molecular flexibility index (Phi) is 7.89. The summed E-state index contributed by atoms with van der Waals surface area (Å²) < 4.78 is 0. The Balaban J connectivity index is 0.00000264. The molecular weight excluding hydrogens is 314 g/mol. The van der Waals surface area contributed by atoms with E-state index < -0.39 is 0 Å². The largest absolute Gasteiger partial charge is 0.399 e. The van der Waals surface area contributed by atoms with Gasteiger partial charge >= 0.3 is 0 Å². The molecule has 1 aliphatic heterocycles. The summed E-state index contributed by atoms with van der Waals surface area (Å²) in [5.74, 6) is 0.156. The molecule has 0 radical (unpaired) electrons. The van der Waals surface area contributed by atoms with Crippen molar-refractivity contribution in [1.82, 2.24) is 10.2 Å². The van der Waals surface area contributed by atoms with Gasteiger partial charge in [0, 0.05) is 36.8 Å². The maximum Gasteiger partial charge on any atom is 0.253 e. The van der Waals surface area contributed by atoms with Crippen molar-refractivity contribution >= 4 is 29.9 Å². The number of piperidine rings is 1. The number of nitrogen functional groups attached to an aromatic ring is 1. The van der Waals surface area contributed by atoms with Crippen LogP contribution >= 0.6 is 12.4 Å². The maximum atomic E-state index is 12.4. The Morgan fingerprint density at radius 2 is 2.00 bits per heavy atom. The summed E-state index contributed by atoms with van der Waals surface area (Å²) in [7, 11) is 0. The van der Waals surface area contributed by atoms with Gasteiger partial charge < -0.3 is 16.0 Å². The zero-order valence-electron chi connectivity index (χ0n) is 13.6. The second-order valence-corrected chi connectivity index (χ2v) is 5.84. The Morgan fingerprint density at radius 1 is 1.30 bits per heavy atom. The van der Waals surface area contributed by atoms with Gasteiger partial charge in [-0.1, -0.05) is 19.4 Å². The van der Waals surface area contributed by atoms with Gasteiger partial charge in [0.1, 0.15) is 0 Å². The summed E-state index contributed by atoms with van der Waals surface area (Å²) in [5, 5.41) is 2.98. The second-order valence-electron chi connectivity index (χ2n) is 5.84. The van der Waals surface area contributed by atoms with E-state index in [9.17, 15) is 9.59 Å². The molecule has 1 aromatic rings. The molecular formula is C17H26ClN3O2. The Hall–Kier alpha value is -1.75. The lowest BCUT2D eigenvalue weighted by molar-refractivity contribution is -0.126. The minimum Gasteiger partial charge on any atom is -0.399 e. The first-order chi connectivity index (χ1) is 10.6. The first kappa shape index (κ1) is 19.3. The maximum absolute atomic E-state index is 12.4. The lowest BCUT2D eigenvalue weighted by Crippen LogP contribution is -2.43. The summed E-state index contributed by atoms with van der Waals surface area (Å²) in [5.41, 5.74) is 6.93. The van der Waals surface area contributed by atoms with E-state index in [1.54, 1.807) is 24.3 Å². The van der Waals surface area contributed by atoms with Crippen molar-refractivity contribution in [2.75, 3.05) is 25.4 Å². The molecule has 0 saturated carbocycles. The van der Waals surface area contributed by atoms with Gasteiger partial charge in [-0.15, -0.1) is 12.4 Å². The van der Waals surface area contributed by atoms with Crippen molar-refractivity contribution < 1.29 is 9.59 Å². The van der Waals surface area contributed by atoms with Crippen molar-refractivity contribution in [2.45, 2.75) is 32.6 Å². The number of benzene rings is 1. The van der Waals surface area contributed by atoms with Crippen LogP contribution in [0.15, 0.2) is 24.3 Å². The Labute approximate surface area is 144 Å². The highest BCUT2D eigenvalue weighted by Crippen LogP contribution is 2.20. The Bertz CT molecular complexity index is 528. The number of hydrogen-bond donors (Lipinski definition) is 2. The number of likely N-dealkylation sites (tertiary alicyclic amines) is 1. The zero-order valence-corrected chi connectivity index (χ0v) is 14.4. The molecule has 6 heteroatoms. The fourth-order valence-corrected chi connectivity index (χ4v) is 2.73. The third-order valence-electron chi connectivity index (χ3n) is 4.12. The molecule has 1 aromatic carbocycles. The van der Waals surface area contributed by atoms with Crippen LogP contribution in [-0.4, -0.2) is 36.3 Å². The number of carbonyl (C=O) groups excluding carboxylic acids is 2. The van der Waals surface area contributed by atoms with Gasteiger partial charge in [0.15, 0.2) is 0 Å². The van der Waals surface area contributed by atoms with E-state index in [2.05, 4.69) is 12.2 Å². The summed E-state index contributed by atoms with van der Waals surface area (Å²) in [4.78, 5) is 26.3. The van der Waals surface area contributed by atoms with Gasteiger partial charge in [-0.3, -0.25) is 9.59 Å². The number of nitrogens with one attached hydrogen (secondary N) is 1. The van der Waals surface area contributed by atoms with Crippen LogP contribution in [0.3, 0.4) is 0 Å². The molecule has 5 nitrogen and oxygen atoms in total. The van der Waals surface area contributed by atoms with Crippen LogP contribution in [0.4, 0.5) is 5.69 Å². The standard InChI is InChI=1S/C17H25N3O2.ClH/c1-2-3-9-19-16(21)13-7-10-20(11-8-13)17(22)14-5-4-6-15(18)12-14;/h4-6,12-13H,2-3,7-11,18H2,1H3,(H,19,21);1H. The lowest BCUT2D eigenvalue weighted by atomic mass is 9.95. The number of nitrogens with zero attached hydrogens (tertiary/aromatic N) is 1. The number of carbonyl (C=O) groups is 2. The number of amides is 2. The molecule has 2 amide bonds. The van der Waals surface area contributed by atoms with Crippen molar-refractivity contribution in [3.8, 4) is 0 Å². The molecule has 1 fully saturated rings. The predicted octanol–water partition coefficient (Wildman–Crippen LogP) is 2.46. The van der Waals surface area contributed by atoms with Gasteiger partial charge in [-0.05, 0) is 37.5 Å². The molecule has 0 atom stereocenters. The molecule has 0 aliphatic carbocycles. The summed E-state index contributed by atoms with van der Waals surface area (Å²) >= 11 is 0. The summed E-state index contributed by atoms with van der Waals surface area (Å²) in [6, 6.07) is 7.04. The van der Waals surface area contributed by atoms with Gasteiger partial charge in [0.25, 0.3) is 5.91 Å². The molecule has 1 aliphatic rings. The molecule has 128 valence electrons. The van der Waals surface area contributed by atoms with E-state index in [4.69, 9.17) is 5.73 Å². The van der Waals surface area contributed by atoms with E-state index >= 15 is 0 Å². The third-order valence-corrected chi connectivity index (χ3v) is 4.12. The minimum absolute atomic E-state index is 0. The van der Waals surface area contributed by atoms with Gasteiger partial charge in [-0.25, -0.2) is 0 Å². The SMILES string of the molecule is CCCCNC(=O)C1CCN(C(=O)c2cccc(N)c2)CC1.Cl. The van der Waals surface area contributed by atoms with Crippen LogP contribution in [0, 0.1) is 5.92 Å². The first-order valence-corrected chi connectivity index (χ1v) is 8.04. The van der Waals surface area contributed by atoms with Gasteiger partial charge in [0.05, 0.1) is 0 Å². The van der Waals surface area contributed by atoms with Crippen LogP contribution < -0.4 is 11.1 Å². The average Bonchev–Trinajstić information content (AvgIpc) is 2.54. The van der Waals surface area contributed by atoms with E-state index in [0.717, 1.165) is 32.2 Å². The number of nitrogens with two attached hydrogens (primary N) is 1. The third kappa shape index (κ3) is 5.43. The molecule has 3 N–H and O–H groups in total. The van der Waals surface area contributed by atoms with Gasteiger partial charge in [0.2, 0.25) is 5.91 Å². The topological polar surface area (TPSA) is 75.4 Å². The predicted molar refractivity (Wildman–Crippen MR) is 94.6 cm³/mol. The van der Waals surface area contributed by atoms with Crippen molar-refractivity contribution in [3.05, 3.63) is 29.8 Å². The fourth-order valence-electron chi connectivity index (χ4n) is 2.73. The quantitative estimate of drug-likeness (QED) is 0.639.